The molecule has 3 aromatic heterocycles. The van der Waals surface area contributed by atoms with E-state index in [0.717, 1.165) is 51.0 Å². The molecule has 5 aromatic rings. The van der Waals surface area contributed by atoms with Gasteiger partial charge in [0.2, 0.25) is 5.95 Å². The molecule has 0 bridgehead atoms. The van der Waals surface area contributed by atoms with E-state index in [1.54, 1.807) is 4.90 Å². The zero-order valence-corrected chi connectivity index (χ0v) is 25.4. The average Bonchev–Trinajstić information content (AvgIpc) is 3.64. The van der Waals surface area contributed by atoms with E-state index >= 15 is 0 Å². The Morgan fingerprint density at radius 2 is 1.70 bits per heavy atom. The maximum atomic E-state index is 12.7. The number of carbonyl (C=O) groups is 1. The first-order valence-corrected chi connectivity index (χ1v) is 15.0. The van der Waals surface area contributed by atoms with E-state index in [0.29, 0.717) is 32.0 Å². The van der Waals surface area contributed by atoms with Crippen LogP contribution in [-0.2, 0) is 15.0 Å². The zero-order chi connectivity index (χ0) is 30.7. The molecule has 0 atom stereocenters. The quantitative estimate of drug-likeness (QED) is 0.228. The van der Waals surface area contributed by atoms with Crippen LogP contribution in [0.1, 0.15) is 46.1 Å². The molecule has 10 heteroatoms. The third-order valence-corrected chi connectivity index (χ3v) is 8.71. The van der Waals surface area contributed by atoms with Crippen molar-refractivity contribution in [1.29, 1.82) is 0 Å². The Bertz CT molecular complexity index is 1850. The molecule has 0 unspecified atom stereocenters. The normalized spacial score (nSPS) is 17.2. The summed E-state index contributed by atoms with van der Waals surface area (Å²) in [5.41, 5.74) is 4.80. The molecular weight excluding hydrogens is 556 g/mol. The van der Waals surface area contributed by atoms with Crippen molar-refractivity contribution in [3.63, 3.8) is 0 Å². The number of aromatic nitrogens is 4. The first kappa shape index (κ1) is 28.2. The Kier molecular flexibility index (Phi) is 6.60. The largest absolute Gasteiger partial charge is 0.465 e. The van der Waals surface area contributed by atoms with Crippen LogP contribution in [-0.4, -0.2) is 66.8 Å². The van der Waals surface area contributed by atoms with E-state index in [1.165, 1.54) is 0 Å². The number of amides is 1. The molecule has 1 saturated carbocycles. The minimum Gasteiger partial charge on any atom is -0.465 e. The van der Waals surface area contributed by atoms with Crippen molar-refractivity contribution >= 4 is 28.6 Å². The molecule has 2 aliphatic rings. The number of benzene rings is 2. The lowest BCUT2D eigenvalue weighted by Crippen LogP contribution is -2.68. The van der Waals surface area contributed by atoms with Gasteiger partial charge in [0.1, 0.15) is 0 Å². The molecule has 7 rings (SSSR count). The van der Waals surface area contributed by atoms with Crippen LogP contribution >= 0.6 is 0 Å². The van der Waals surface area contributed by atoms with Crippen LogP contribution in [0.3, 0.4) is 0 Å². The standard InChI is InChI=1S/C34H36N6O4/c1-5-35-30-38-37-29-26-19-25(22-9-7-6-8-10-22)28(36-27(26)15-16-39(29)30)23-11-13-24(14-12-23)33(40(31(41)42)32(2,3)4)20-34(21-33)43-17-18-44-34/h6-16,19H,5,17-18,20-21H2,1-4H3,(H,35,38)(H,41,42). The van der Waals surface area contributed by atoms with E-state index in [2.05, 4.69) is 33.7 Å². The van der Waals surface area contributed by atoms with Crippen molar-refractivity contribution in [3.8, 4) is 22.4 Å². The Morgan fingerprint density at radius 1 is 1.00 bits per heavy atom. The smallest absolute Gasteiger partial charge is 0.408 e. The predicted molar refractivity (Wildman–Crippen MR) is 168 cm³/mol. The Hall–Kier alpha value is -4.54. The van der Waals surface area contributed by atoms with Crippen LogP contribution in [0.4, 0.5) is 10.7 Å². The Balaban J connectivity index is 1.35. The fourth-order valence-electron chi connectivity index (χ4n) is 7.01. The summed E-state index contributed by atoms with van der Waals surface area (Å²) >= 11 is 0. The molecule has 226 valence electrons. The zero-order valence-electron chi connectivity index (χ0n) is 25.4. The lowest BCUT2D eigenvalue weighted by Gasteiger charge is -2.60. The van der Waals surface area contributed by atoms with Gasteiger partial charge in [-0.1, -0.05) is 54.6 Å². The van der Waals surface area contributed by atoms with Gasteiger partial charge in [-0.05, 0) is 51.0 Å². The highest BCUT2D eigenvalue weighted by atomic mass is 16.7. The Labute approximate surface area is 255 Å². The first-order chi connectivity index (χ1) is 21.1. The molecule has 1 spiro atoms. The van der Waals surface area contributed by atoms with Gasteiger partial charge in [-0.2, -0.15) is 0 Å². The van der Waals surface area contributed by atoms with E-state index in [4.69, 9.17) is 14.5 Å². The summed E-state index contributed by atoms with van der Waals surface area (Å²) in [4.78, 5) is 19.5. The van der Waals surface area contributed by atoms with Gasteiger partial charge in [-0.25, -0.2) is 9.78 Å². The molecule has 2 N–H and O–H groups in total. The van der Waals surface area contributed by atoms with E-state index in [-0.39, 0.29) is 0 Å². The molecule has 1 amide bonds. The number of anilines is 1. The second kappa shape index (κ2) is 10.3. The van der Waals surface area contributed by atoms with Crippen LogP contribution < -0.4 is 5.32 Å². The second-order valence-electron chi connectivity index (χ2n) is 12.6. The van der Waals surface area contributed by atoms with Crippen molar-refractivity contribution in [2.45, 2.75) is 57.4 Å². The van der Waals surface area contributed by atoms with Crippen LogP contribution in [0.5, 0.6) is 0 Å². The number of carboxylic acid groups (broad SMARTS) is 1. The van der Waals surface area contributed by atoms with Gasteiger partial charge >= 0.3 is 6.09 Å². The van der Waals surface area contributed by atoms with Crippen LogP contribution in [0.15, 0.2) is 72.9 Å². The lowest BCUT2D eigenvalue weighted by atomic mass is 9.64. The highest BCUT2D eigenvalue weighted by Crippen LogP contribution is 2.58. The minimum absolute atomic E-state index is 0.440. The topological polar surface area (TPSA) is 114 Å². The molecule has 2 fully saturated rings. The molecular formula is C34H36N6O4. The fourth-order valence-corrected chi connectivity index (χ4v) is 7.01. The van der Waals surface area contributed by atoms with Crippen LogP contribution in [0.2, 0.25) is 0 Å². The van der Waals surface area contributed by atoms with Crippen molar-refractivity contribution in [1.82, 2.24) is 24.5 Å². The third-order valence-electron chi connectivity index (χ3n) is 8.71. The van der Waals surface area contributed by atoms with Crippen molar-refractivity contribution in [2.75, 3.05) is 25.1 Å². The van der Waals surface area contributed by atoms with E-state index in [1.807, 2.05) is 86.8 Å². The molecule has 2 aromatic carbocycles. The van der Waals surface area contributed by atoms with Crippen molar-refractivity contribution in [2.24, 2.45) is 0 Å². The van der Waals surface area contributed by atoms with Gasteiger partial charge in [0.25, 0.3) is 0 Å². The van der Waals surface area contributed by atoms with E-state index in [9.17, 15) is 9.90 Å². The number of nitrogens with one attached hydrogen (secondary N) is 1. The maximum absolute atomic E-state index is 12.7. The summed E-state index contributed by atoms with van der Waals surface area (Å²) < 4.78 is 13.9. The van der Waals surface area contributed by atoms with Gasteiger partial charge < -0.3 is 19.9 Å². The predicted octanol–water partition coefficient (Wildman–Crippen LogP) is 6.55. The number of ether oxygens (including phenoxy) is 2. The van der Waals surface area contributed by atoms with Gasteiger partial charge in [0.05, 0.1) is 30.0 Å². The van der Waals surface area contributed by atoms with Gasteiger partial charge in [-0.15, -0.1) is 10.2 Å². The highest BCUT2D eigenvalue weighted by Gasteiger charge is 2.64. The average molecular weight is 593 g/mol. The SMILES string of the molecule is CCNc1nnc2c3cc(-c4ccccc4)c(-c4ccc(C5(N(C(=O)O)C(C)(C)C)CC6(C5)OCCO6)cc4)nc3ccn12. The fraction of sp³-hybridized carbons (Fsp3) is 0.353. The van der Waals surface area contributed by atoms with Crippen LogP contribution in [0.25, 0.3) is 38.9 Å². The molecule has 0 radical (unpaired) electrons. The van der Waals surface area contributed by atoms with Gasteiger partial charge in [0, 0.05) is 47.6 Å². The minimum atomic E-state index is -0.964. The summed E-state index contributed by atoms with van der Waals surface area (Å²) in [6.45, 7) is 9.59. The van der Waals surface area contributed by atoms with Crippen LogP contribution in [0, 0.1) is 0 Å². The van der Waals surface area contributed by atoms with E-state index < -0.39 is 23.0 Å². The van der Waals surface area contributed by atoms with Crippen molar-refractivity contribution < 1.29 is 19.4 Å². The summed E-state index contributed by atoms with van der Waals surface area (Å²) in [5, 5.41) is 23.4. The summed E-state index contributed by atoms with van der Waals surface area (Å²) in [7, 11) is 0. The highest BCUT2D eigenvalue weighted by molar-refractivity contribution is 5.98. The summed E-state index contributed by atoms with van der Waals surface area (Å²) in [6, 6.07) is 22.5. The second-order valence-corrected chi connectivity index (χ2v) is 12.6. The van der Waals surface area contributed by atoms with Gasteiger partial charge in [-0.3, -0.25) is 9.30 Å². The molecule has 4 heterocycles. The monoisotopic (exact) mass is 592 g/mol. The lowest BCUT2D eigenvalue weighted by molar-refractivity contribution is -0.272. The maximum Gasteiger partial charge on any atom is 0.408 e. The number of hydrogen-bond acceptors (Lipinski definition) is 7. The third kappa shape index (κ3) is 4.48. The number of pyridine rings is 2. The molecule has 1 aliphatic heterocycles. The molecule has 10 nitrogen and oxygen atoms in total. The van der Waals surface area contributed by atoms with Gasteiger partial charge in [0.15, 0.2) is 11.4 Å². The van der Waals surface area contributed by atoms with Crippen molar-refractivity contribution in [3.05, 3.63) is 78.5 Å². The number of hydrogen-bond donors (Lipinski definition) is 2. The number of fused-ring (bicyclic) bond motifs is 3. The summed E-state index contributed by atoms with van der Waals surface area (Å²) in [5.74, 6) is -0.0477. The number of nitrogens with zero attached hydrogens (tertiary/aromatic N) is 5. The first-order valence-electron chi connectivity index (χ1n) is 15.0. The molecule has 44 heavy (non-hydrogen) atoms. The molecule has 1 aliphatic carbocycles. The summed E-state index contributed by atoms with van der Waals surface area (Å²) in [6.07, 6.45) is 1.85. The molecule has 1 saturated heterocycles. The number of rotatable bonds is 6. The Morgan fingerprint density at radius 3 is 2.34 bits per heavy atom.